The van der Waals surface area contributed by atoms with Crippen molar-refractivity contribution < 1.29 is 14.3 Å². The molecule has 1 atom stereocenters. The van der Waals surface area contributed by atoms with Crippen LogP contribution in [0, 0.1) is 5.82 Å². The molecule has 1 aromatic heterocycles. The molecule has 1 aromatic carbocycles. The molecule has 6 heteroatoms. The van der Waals surface area contributed by atoms with Crippen molar-refractivity contribution in [3.8, 4) is 0 Å². The number of halogens is 2. The molecule has 0 fully saturated rings. The fourth-order valence-corrected chi connectivity index (χ4v) is 2.95. The number of carbonyl (C=O) groups is 1. The van der Waals surface area contributed by atoms with Gasteiger partial charge in [-0.05, 0) is 46.3 Å². The largest absolute Gasteiger partial charge is 0.479 e. The van der Waals surface area contributed by atoms with Gasteiger partial charge in [0.15, 0.2) is 6.04 Å². The van der Waals surface area contributed by atoms with Crippen LogP contribution in [0.3, 0.4) is 0 Å². The van der Waals surface area contributed by atoms with Crippen LogP contribution in [0.4, 0.5) is 10.1 Å². The van der Waals surface area contributed by atoms with Crippen LogP contribution in [0.25, 0.3) is 0 Å². The van der Waals surface area contributed by atoms with Crippen molar-refractivity contribution in [1.82, 2.24) is 0 Å². The first-order chi connectivity index (χ1) is 8.56. The molecule has 0 aliphatic carbocycles. The van der Waals surface area contributed by atoms with Gasteiger partial charge in [-0.15, -0.1) is 11.3 Å². The summed E-state index contributed by atoms with van der Waals surface area (Å²) in [5, 5.41) is 12.0. The first-order valence-corrected chi connectivity index (χ1v) is 6.67. The van der Waals surface area contributed by atoms with Gasteiger partial charge in [-0.25, -0.2) is 9.18 Å². The Hall–Kier alpha value is -1.40. The normalized spacial score (nSPS) is 12.1. The van der Waals surface area contributed by atoms with Crippen molar-refractivity contribution in [1.29, 1.82) is 0 Å². The van der Waals surface area contributed by atoms with Gasteiger partial charge in [0, 0.05) is 10.6 Å². The van der Waals surface area contributed by atoms with E-state index in [1.54, 1.807) is 18.2 Å². The molecule has 0 saturated heterocycles. The minimum Gasteiger partial charge on any atom is -0.479 e. The third kappa shape index (κ3) is 3.08. The lowest BCUT2D eigenvalue weighted by molar-refractivity contribution is -0.138. The van der Waals surface area contributed by atoms with Crippen molar-refractivity contribution in [2.75, 3.05) is 5.32 Å². The smallest absolute Gasteiger partial charge is 0.331 e. The Labute approximate surface area is 115 Å². The second kappa shape index (κ2) is 5.49. The number of rotatable bonds is 4. The summed E-state index contributed by atoms with van der Waals surface area (Å²) in [6, 6.07) is 8.34. The molecule has 0 aliphatic rings. The Morgan fingerprint density at radius 2 is 2.17 bits per heavy atom. The molecule has 0 amide bonds. The Morgan fingerprint density at radius 3 is 2.72 bits per heavy atom. The van der Waals surface area contributed by atoms with Gasteiger partial charge >= 0.3 is 5.97 Å². The van der Waals surface area contributed by atoms with Crippen LogP contribution in [0.2, 0.25) is 0 Å². The number of aliphatic carboxylic acids is 1. The number of benzene rings is 1. The summed E-state index contributed by atoms with van der Waals surface area (Å²) in [5.74, 6) is -1.41. The fourth-order valence-electron chi connectivity index (χ4n) is 1.48. The maximum Gasteiger partial charge on any atom is 0.331 e. The van der Waals surface area contributed by atoms with Crippen LogP contribution in [-0.2, 0) is 4.79 Å². The van der Waals surface area contributed by atoms with Gasteiger partial charge in [-0.2, -0.15) is 0 Å². The number of carboxylic acid groups (broad SMARTS) is 1. The maximum absolute atomic E-state index is 13.0. The number of thiophene rings is 1. The number of carboxylic acids is 1. The van der Waals surface area contributed by atoms with Gasteiger partial charge in [0.1, 0.15) is 5.82 Å². The number of nitrogens with one attached hydrogen (secondary N) is 1. The molecule has 2 aromatic rings. The molecule has 0 spiro atoms. The quantitative estimate of drug-likeness (QED) is 0.894. The van der Waals surface area contributed by atoms with E-state index < -0.39 is 17.8 Å². The molecule has 2 rings (SSSR count). The van der Waals surface area contributed by atoms with E-state index in [1.165, 1.54) is 29.5 Å². The van der Waals surface area contributed by atoms with E-state index in [0.29, 0.717) is 10.6 Å². The highest BCUT2D eigenvalue weighted by Gasteiger charge is 2.21. The van der Waals surface area contributed by atoms with Crippen molar-refractivity contribution in [2.24, 2.45) is 0 Å². The Morgan fingerprint density at radius 1 is 1.39 bits per heavy atom. The summed E-state index contributed by atoms with van der Waals surface area (Å²) >= 11 is 4.61. The molecule has 0 aliphatic heterocycles. The predicted octanol–water partition coefficient (Wildman–Crippen LogP) is 3.89. The summed E-state index contributed by atoms with van der Waals surface area (Å²) in [6.45, 7) is 0. The average Bonchev–Trinajstić information content (AvgIpc) is 2.72. The van der Waals surface area contributed by atoms with E-state index >= 15 is 0 Å². The zero-order chi connectivity index (χ0) is 13.1. The third-order valence-electron chi connectivity index (χ3n) is 2.26. The summed E-state index contributed by atoms with van der Waals surface area (Å²) in [4.78, 5) is 11.9. The van der Waals surface area contributed by atoms with E-state index in [1.807, 2.05) is 0 Å². The summed E-state index contributed by atoms with van der Waals surface area (Å²) in [7, 11) is 0. The van der Waals surface area contributed by atoms with Crippen molar-refractivity contribution >= 4 is 38.9 Å². The standard InChI is InChI=1S/C12H9BrFNO2S/c13-10-5-4-9(18-10)11(12(16)17)15-8-3-1-2-7(14)6-8/h1-6,11,15H,(H,16,17). The van der Waals surface area contributed by atoms with Gasteiger partial charge in [-0.1, -0.05) is 6.07 Å². The van der Waals surface area contributed by atoms with E-state index in [-0.39, 0.29) is 0 Å². The fraction of sp³-hybridized carbons (Fsp3) is 0.0833. The van der Waals surface area contributed by atoms with Crippen LogP contribution in [0.15, 0.2) is 40.2 Å². The Bertz CT molecular complexity index is 573. The lowest BCUT2D eigenvalue weighted by atomic mass is 10.2. The van der Waals surface area contributed by atoms with Gasteiger partial charge in [-0.3, -0.25) is 0 Å². The van der Waals surface area contributed by atoms with Crippen LogP contribution in [0.5, 0.6) is 0 Å². The first-order valence-electron chi connectivity index (χ1n) is 5.06. The van der Waals surface area contributed by atoms with Gasteiger partial charge in [0.25, 0.3) is 0 Å². The first kappa shape index (κ1) is 13.0. The molecule has 1 unspecified atom stereocenters. The molecule has 18 heavy (non-hydrogen) atoms. The second-order valence-electron chi connectivity index (χ2n) is 3.57. The van der Waals surface area contributed by atoms with Crippen molar-refractivity contribution in [2.45, 2.75) is 6.04 Å². The van der Waals surface area contributed by atoms with Crippen molar-refractivity contribution in [3.63, 3.8) is 0 Å². The van der Waals surface area contributed by atoms with Gasteiger partial charge in [0.05, 0.1) is 3.79 Å². The zero-order valence-corrected chi connectivity index (χ0v) is 11.5. The highest BCUT2D eigenvalue weighted by molar-refractivity contribution is 9.11. The van der Waals surface area contributed by atoms with E-state index in [0.717, 1.165) is 3.79 Å². The maximum atomic E-state index is 13.0. The third-order valence-corrected chi connectivity index (χ3v) is 3.95. The zero-order valence-electron chi connectivity index (χ0n) is 9.06. The highest BCUT2D eigenvalue weighted by atomic mass is 79.9. The molecule has 0 saturated carbocycles. The van der Waals surface area contributed by atoms with Crippen LogP contribution in [-0.4, -0.2) is 11.1 Å². The Balaban J connectivity index is 2.24. The molecular weight excluding hydrogens is 321 g/mol. The SMILES string of the molecule is O=C(O)C(Nc1cccc(F)c1)c1ccc(Br)s1. The van der Waals surface area contributed by atoms with Crippen LogP contribution in [0.1, 0.15) is 10.9 Å². The minimum absolute atomic E-state index is 0.406. The molecule has 1 heterocycles. The van der Waals surface area contributed by atoms with E-state index in [9.17, 15) is 14.3 Å². The average molecular weight is 330 g/mol. The molecule has 3 nitrogen and oxygen atoms in total. The van der Waals surface area contributed by atoms with Gasteiger partial charge < -0.3 is 10.4 Å². The second-order valence-corrected chi connectivity index (χ2v) is 6.06. The van der Waals surface area contributed by atoms with E-state index in [2.05, 4.69) is 21.2 Å². The number of anilines is 1. The van der Waals surface area contributed by atoms with Crippen LogP contribution < -0.4 is 5.32 Å². The predicted molar refractivity (Wildman–Crippen MR) is 72.4 cm³/mol. The minimum atomic E-state index is -1.01. The Kier molecular flexibility index (Phi) is 3.98. The summed E-state index contributed by atoms with van der Waals surface area (Å²) in [5.41, 5.74) is 0.437. The molecular formula is C12H9BrFNO2S. The van der Waals surface area contributed by atoms with Crippen LogP contribution >= 0.6 is 27.3 Å². The molecule has 0 radical (unpaired) electrons. The molecule has 2 N–H and O–H groups in total. The lowest BCUT2D eigenvalue weighted by Gasteiger charge is -2.14. The van der Waals surface area contributed by atoms with Crippen molar-refractivity contribution in [3.05, 3.63) is 50.9 Å². The summed E-state index contributed by atoms with van der Waals surface area (Å²) < 4.78 is 13.9. The number of hydrogen-bond acceptors (Lipinski definition) is 3. The van der Waals surface area contributed by atoms with Gasteiger partial charge in [0.2, 0.25) is 0 Å². The van der Waals surface area contributed by atoms with E-state index in [4.69, 9.17) is 0 Å². The topological polar surface area (TPSA) is 49.3 Å². The highest BCUT2D eigenvalue weighted by Crippen LogP contribution is 2.29. The monoisotopic (exact) mass is 329 g/mol. The summed E-state index contributed by atoms with van der Waals surface area (Å²) in [6.07, 6.45) is 0. The molecule has 0 bridgehead atoms. The molecule has 94 valence electrons. The lowest BCUT2D eigenvalue weighted by Crippen LogP contribution is -2.19. The number of hydrogen-bond donors (Lipinski definition) is 2.